The maximum absolute atomic E-state index is 10.7. The lowest BCUT2D eigenvalue weighted by Crippen LogP contribution is -2.66. The maximum Gasteiger partial charge on any atom is 0.187 e. The van der Waals surface area contributed by atoms with E-state index in [4.69, 9.17) is 19.0 Å². The zero-order chi connectivity index (χ0) is 23.4. The number of aromatic nitrogens is 1. The summed E-state index contributed by atoms with van der Waals surface area (Å²) < 4.78 is 16.2. The van der Waals surface area contributed by atoms with E-state index in [1.807, 2.05) is 13.0 Å². The third-order valence-corrected chi connectivity index (χ3v) is 5.44. The minimum Gasteiger partial charge on any atom is -0.394 e. The van der Waals surface area contributed by atoms with E-state index in [0.29, 0.717) is 0 Å². The average molecular weight is 463 g/mol. The smallest absolute Gasteiger partial charge is 0.187 e. The van der Waals surface area contributed by atoms with Gasteiger partial charge < -0.3 is 50.0 Å². The number of hydroxylamine groups is 1. The first kappa shape index (κ1) is 25.3. The molecule has 2 saturated heterocycles. The number of aryl methyl sites for hydroxylation is 1. The number of hydrogen-bond acceptors (Lipinski definition) is 12. The van der Waals surface area contributed by atoms with Gasteiger partial charge in [0.15, 0.2) is 24.9 Å². The second-order valence-electron chi connectivity index (χ2n) is 7.88. The van der Waals surface area contributed by atoms with Crippen molar-refractivity contribution >= 4 is 0 Å². The summed E-state index contributed by atoms with van der Waals surface area (Å²) in [7, 11) is 0. The molecule has 32 heavy (non-hydrogen) atoms. The molecule has 2 aliphatic rings. The predicted molar refractivity (Wildman–Crippen MR) is 102 cm³/mol. The van der Waals surface area contributed by atoms with Crippen molar-refractivity contribution in [3.05, 3.63) is 29.6 Å². The van der Waals surface area contributed by atoms with Crippen molar-refractivity contribution in [1.29, 1.82) is 0 Å². The molecule has 182 valence electrons. The molecule has 13 heteroatoms. The minimum atomic E-state index is -1.73. The molecule has 13 nitrogen and oxygen atoms in total. The summed E-state index contributed by atoms with van der Waals surface area (Å²) in [5, 5.41) is 70.0. The van der Waals surface area contributed by atoms with Crippen LogP contribution in [0.5, 0.6) is 0 Å². The Bertz CT molecular complexity index is 726. The molecule has 3 rings (SSSR count). The number of nitrogens with one attached hydrogen (secondary N) is 2. The molecule has 0 aliphatic carbocycles. The fourth-order valence-corrected chi connectivity index (χ4v) is 3.63. The Labute approximate surface area is 183 Å². The van der Waals surface area contributed by atoms with Gasteiger partial charge in [-0.25, -0.2) is 4.98 Å². The molecule has 2 aliphatic heterocycles. The van der Waals surface area contributed by atoms with E-state index in [1.54, 1.807) is 12.4 Å². The van der Waals surface area contributed by atoms with Gasteiger partial charge in [0.05, 0.1) is 19.8 Å². The van der Waals surface area contributed by atoms with Crippen LogP contribution >= 0.6 is 0 Å². The van der Waals surface area contributed by atoms with Crippen LogP contribution in [0.25, 0.3) is 0 Å². The quantitative estimate of drug-likeness (QED) is 0.172. The summed E-state index contributed by atoms with van der Waals surface area (Å²) in [6.07, 6.45) is -11.3. The molecule has 1 aromatic heterocycles. The van der Waals surface area contributed by atoms with Crippen molar-refractivity contribution in [2.24, 2.45) is 0 Å². The standard InChI is InChI=1S/C19H30N2O11/c1-8-2-9(4-20-3-8)7-29-21-18-16(28)17(13(25)11(6-23)30-18)32-19-15(27)14(26)12(24)10(5-22)31-19/h2-4,10-19,21-28H,5-7H2,1H3/p+1/t10?,11?,12-,13-,14-,15?,16?,17-,18-,19?/m1/s1. The molecule has 0 amide bonds. The van der Waals surface area contributed by atoms with Gasteiger partial charge in [0.1, 0.15) is 48.8 Å². The van der Waals surface area contributed by atoms with Gasteiger partial charge in [0, 0.05) is 11.1 Å². The van der Waals surface area contributed by atoms with E-state index in [9.17, 15) is 35.7 Å². The second kappa shape index (κ2) is 11.2. The Balaban J connectivity index is 1.66. The summed E-state index contributed by atoms with van der Waals surface area (Å²) in [6.45, 7) is 0.718. The summed E-state index contributed by atoms with van der Waals surface area (Å²) in [5.41, 5.74) is 4.30. The van der Waals surface area contributed by atoms with Crippen molar-refractivity contribution in [2.45, 2.75) is 74.9 Å². The van der Waals surface area contributed by atoms with Crippen LogP contribution < -0.4 is 10.5 Å². The number of aliphatic hydroxyl groups excluding tert-OH is 7. The van der Waals surface area contributed by atoms with Gasteiger partial charge >= 0.3 is 0 Å². The van der Waals surface area contributed by atoms with Crippen LogP contribution in [0.15, 0.2) is 18.5 Å². The SMILES string of the molecule is Cc1c[nH+]cc(CON[C@@H]2OC(CO)[C@@H](O)[C@@H](OC3OC(CO)[C@@H](O)[C@@H](O)C3O)C2O)c1. The highest BCUT2D eigenvalue weighted by Gasteiger charge is 2.50. The minimum absolute atomic E-state index is 0.106. The number of aliphatic hydroxyl groups is 7. The average Bonchev–Trinajstić information content (AvgIpc) is 2.78. The molecule has 5 unspecified atom stereocenters. The third kappa shape index (κ3) is 5.59. The molecule has 3 heterocycles. The molecular formula is C19H31N2O11+. The second-order valence-corrected chi connectivity index (χ2v) is 7.88. The van der Waals surface area contributed by atoms with Crippen LogP contribution in [0.4, 0.5) is 0 Å². The monoisotopic (exact) mass is 463 g/mol. The van der Waals surface area contributed by atoms with Crippen molar-refractivity contribution in [1.82, 2.24) is 5.48 Å². The first-order valence-corrected chi connectivity index (χ1v) is 10.2. The van der Waals surface area contributed by atoms with E-state index >= 15 is 0 Å². The number of hydrogen-bond donors (Lipinski definition) is 8. The van der Waals surface area contributed by atoms with Gasteiger partial charge in [-0.3, -0.25) is 4.84 Å². The molecule has 0 spiro atoms. The lowest BCUT2D eigenvalue weighted by Gasteiger charge is -2.46. The van der Waals surface area contributed by atoms with E-state index in [0.717, 1.165) is 11.1 Å². The molecule has 9 N–H and O–H groups in total. The van der Waals surface area contributed by atoms with E-state index in [2.05, 4.69) is 10.5 Å². The van der Waals surface area contributed by atoms with Crippen molar-refractivity contribution < 1.29 is 59.8 Å². The van der Waals surface area contributed by atoms with Crippen molar-refractivity contribution in [2.75, 3.05) is 13.2 Å². The summed E-state index contributed by atoms with van der Waals surface area (Å²) in [4.78, 5) is 8.33. The van der Waals surface area contributed by atoms with Crippen molar-refractivity contribution in [3.63, 3.8) is 0 Å². The number of H-pyrrole nitrogens is 1. The molecule has 2 fully saturated rings. The Hall–Kier alpha value is -1.33. The highest BCUT2D eigenvalue weighted by atomic mass is 16.7. The Kier molecular flexibility index (Phi) is 8.85. The van der Waals surface area contributed by atoms with Crippen LogP contribution in [-0.2, 0) is 25.7 Å². The molecule has 0 aromatic carbocycles. The number of ether oxygens (including phenoxy) is 3. The molecule has 0 saturated carbocycles. The zero-order valence-electron chi connectivity index (χ0n) is 17.4. The fourth-order valence-electron chi connectivity index (χ4n) is 3.63. The number of pyridine rings is 1. The van der Waals surface area contributed by atoms with Gasteiger partial charge in [-0.15, -0.1) is 0 Å². The normalized spacial score (nSPS) is 40.4. The predicted octanol–water partition coefficient (Wildman–Crippen LogP) is -4.55. The zero-order valence-corrected chi connectivity index (χ0v) is 17.4. The van der Waals surface area contributed by atoms with Gasteiger partial charge in [-0.1, -0.05) is 0 Å². The third-order valence-electron chi connectivity index (χ3n) is 5.44. The number of rotatable bonds is 8. The van der Waals surface area contributed by atoms with Gasteiger partial charge in [-0.2, -0.15) is 5.48 Å². The summed E-state index contributed by atoms with van der Waals surface area (Å²) >= 11 is 0. The molecule has 0 radical (unpaired) electrons. The van der Waals surface area contributed by atoms with Crippen molar-refractivity contribution in [3.8, 4) is 0 Å². The lowest BCUT2D eigenvalue weighted by atomic mass is 9.96. The van der Waals surface area contributed by atoms with Gasteiger partial charge in [-0.05, 0) is 13.0 Å². The van der Waals surface area contributed by atoms with E-state index < -0.39 is 74.6 Å². The van der Waals surface area contributed by atoms with Crippen LogP contribution in [0.3, 0.4) is 0 Å². The molecular weight excluding hydrogens is 432 g/mol. The largest absolute Gasteiger partial charge is 0.394 e. The Morgan fingerprint density at radius 3 is 2.25 bits per heavy atom. The highest BCUT2D eigenvalue weighted by molar-refractivity contribution is 5.12. The topological polar surface area (TPSA) is 205 Å². The van der Waals surface area contributed by atoms with Crippen LogP contribution in [0, 0.1) is 6.92 Å². The first-order chi connectivity index (χ1) is 15.3. The van der Waals surface area contributed by atoms with E-state index in [-0.39, 0.29) is 6.61 Å². The number of aromatic amines is 1. The van der Waals surface area contributed by atoms with E-state index in [1.165, 1.54) is 0 Å². The molecule has 10 atom stereocenters. The molecule has 1 aromatic rings. The van der Waals surface area contributed by atoms with Crippen LogP contribution in [0.1, 0.15) is 11.1 Å². The van der Waals surface area contributed by atoms with Crippen LogP contribution in [0.2, 0.25) is 0 Å². The summed E-state index contributed by atoms with van der Waals surface area (Å²) in [5.74, 6) is 0. The molecule has 0 bridgehead atoms. The highest BCUT2D eigenvalue weighted by Crippen LogP contribution is 2.28. The summed E-state index contributed by atoms with van der Waals surface area (Å²) in [6, 6.07) is 1.88. The Morgan fingerprint density at radius 1 is 0.906 bits per heavy atom. The maximum atomic E-state index is 10.7. The first-order valence-electron chi connectivity index (χ1n) is 10.2. The van der Waals surface area contributed by atoms with Crippen LogP contribution in [-0.4, -0.2) is 110 Å². The van der Waals surface area contributed by atoms with Gasteiger partial charge in [0.25, 0.3) is 0 Å². The fraction of sp³-hybridized carbons (Fsp3) is 0.737. The Morgan fingerprint density at radius 2 is 1.59 bits per heavy atom. The lowest BCUT2D eigenvalue weighted by molar-refractivity contribution is -0.379. The van der Waals surface area contributed by atoms with Gasteiger partial charge in [0.2, 0.25) is 0 Å².